The maximum atomic E-state index is 13.6. The van der Waals surface area contributed by atoms with Crippen LogP contribution in [0, 0.1) is 5.82 Å². The molecule has 1 aromatic heterocycles. The third-order valence-electron chi connectivity index (χ3n) is 4.59. The summed E-state index contributed by atoms with van der Waals surface area (Å²) in [5, 5.41) is 10.0. The van der Waals surface area contributed by atoms with Gasteiger partial charge in [-0.2, -0.15) is 0 Å². The van der Waals surface area contributed by atoms with E-state index in [-0.39, 0.29) is 17.2 Å². The number of aromatic hydroxyl groups is 1. The number of phenolic OH excluding ortho intramolecular Hbond substituents is 1. The second kappa shape index (κ2) is 7.35. The van der Waals surface area contributed by atoms with Crippen molar-refractivity contribution in [2.75, 3.05) is 21.3 Å². The Labute approximate surface area is 166 Å². The standard InChI is InChI=1S/C22H18FNO5/c1-26-18-9-6-14(20(27-2)21(18)28-3)12-4-7-16-19(10-12)29-22(24-16)15-11-13(23)5-8-17(15)25/h4-11,25H,1-3H3. The minimum atomic E-state index is -0.490. The van der Waals surface area contributed by atoms with Gasteiger partial charge in [-0.05, 0) is 48.0 Å². The Bertz CT molecular complexity index is 1200. The van der Waals surface area contributed by atoms with E-state index in [4.69, 9.17) is 18.6 Å². The molecular formula is C22H18FNO5. The molecule has 0 unspecified atom stereocenters. The molecule has 0 bridgehead atoms. The van der Waals surface area contributed by atoms with E-state index in [0.29, 0.717) is 28.3 Å². The Morgan fingerprint density at radius 2 is 1.66 bits per heavy atom. The maximum absolute atomic E-state index is 13.6. The average molecular weight is 395 g/mol. The second-order valence-electron chi connectivity index (χ2n) is 6.24. The van der Waals surface area contributed by atoms with Crippen molar-refractivity contribution in [2.24, 2.45) is 0 Å². The fourth-order valence-corrected chi connectivity index (χ4v) is 3.22. The van der Waals surface area contributed by atoms with Crippen molar-refractivity contribution in [1.29, 1.82) is 0 Å². The van der Waals surface area contributed by atoms with Crippen LogP contribution in [0.1, 0.15) is 0 Å². The van der Waals surface area contributed by atoms with E-state index in [1.54, 1.807) is 39.5 Å². The highest BCUT2D eigenvalue weighted by Gasteiger charge is 2.19. The summed E-state index contributed by atoms with van der Waals surface area (Å²) in [6.07, 6.45) is 0. The van der Waals surface area contributed by atoms with Gasteiger partial charge in [-0.15, -0.1) is 0 Å². The van der Waals surface area contributed by atoms with Crippen molar-refractivity contribution in [3.63, 3.8) is 0 Å². The first-order chi connectivity index (χ1) is 14.0. The van der Waals surface area contributed by atoms with Crippen LogP contribution in [-0.2, 0) is 0 Å². The Hall–Kier alpha value is -3.74. The molecule has 7 heteroatoms. The third kappa shape index (κ3) is 3.20. The van der Waals surface area contributed by atoms with Crippen molar-refractivity contribution in [2.45, 2.75) is 0 Å². The van der Waals surface area contributed by atoms with Gasteiger partial charge in [-0.3, -0.25) is 0 Å². The highest BCUT2D eigenvalue weighted by Crippen LogP contribution is 2.44. The number of methoxy groups -OCH3 is 3. The van der Waals surface area contributed by atoms with Gasteiger partial charge >= 0.3 is 0 Å². The highest BCUT2D eigenvalue weighted by molar-refractivity contribution is 5.85. The lowest BCUT2D eigenvalue weighted by Gasteiger charge is -2.15. The van der Waals surface area contributed by atoms with Crippen LogP contribution in [0.2, 0.25) is 0 Å². The SMILES string of the molecule is COc1ccc(-c2ccc3nc(-c4cc(F)ccc4O)oc3c2)c(OC)c1OC. The van der Waals surface area contributed by atoms with E-state index in [1.807, 2.05) is 12.1 Å². The minimum Gasteiger partial charge on any atom is -0.507 e. The van der Waals surface area contributed by atoms with Crippen LogP contribution >= 0.6 is 0 Å². The zero-order valence-electron chi connectivity index (χ0n) is 16.0. The van der Waals surface area contributed by atoms with Crippen molar-refractivity contribution >= 4 is 11.1 Å². The first-order valence-corrected chi connectivity index (χ1v) is 8.74. The largest absolute Gasteiger partial charge is 0.507 e. The molecule has 0 saturated carbocycles. The predicted octanol–water partition coefficient (Wildman–Crippen LogP) is 5.03. The first kappa shape index (κ1) is 18.6. The fraction of sp³-hybridized carbons (Fsp3) is 0.136. The molecule has 0 spiro atoms. The molecular weight excluding hydrogens is 377 g/mol. The van der Waals surface area contributed by atoms with Crippen molar-refractivity contribution in [3.05, 3.63) is 54.3 Å². The molecule has 0 atom stereocenters. The number of rotatable bonds is 5. The van der Waals surface area contributed by atoms with Crippen LogP contribution in [0.3, 0.4) is 0 Å². The van der Waals surface area contributed by atoms with E-state index in [0.717, 1.165) is 11.1 Å². The van der Waals surface area contributed by atoms with E-state index in [2.05, 4.69) is 4.98 Å². The van der Waals surface area contributed by atoms with Gasteiger partial charge in [-0.25, -0.2) is 9.37 Å². The Morgan fingerprint density at radius 1 is 0.862 bits per heavy atom. The summed E-state index contributed by atoms with van der Waals surface area (Å²) in [5.41, 5.74) is 2.83. The molecule has 6 nitrogen and oxygen atoms in total. The normalized spacial score (nSPS) is 10.9. The quantitative estimate of drug-likeness (QED) is 0.511. The van der Waals surface area contributed by atoms with Gasteiger partial charge < -0.3 is 23.7 Å². The molecule has 0 aliphatic heterocycles. The maximum Gasteiger partial charge on any atom is 0.231 e. The summed E-state index contributed by atoms with van der Waals surface area (Å²) in [6.45, 7) is 0. The molecule has 4 rings (SSSR count). The molecule has 0 fully saturated rings. The third-order valence-corrected chi connectivity index (χ3v) is 4.59. The molecule has 0 saturated heterocycles. The molecule has 4 aromatic rings. The van der Waals surface area contributed by atoms with Crippen LogP contribution < -0.4 is 14.2 Å². The van der Waals surface area contributed by atoms with Gasteiger partial charge in [0.2, 0.25) is 11.6 Å². The van der Waals surface area contributed by atoms with Gasteiger partial charge in [0, 0.05) is 5.56 Å². The number of fused-ring (bicyclic) bond motifs is 1. The molecule has 29 heavy (non-hydrogen) atoms. The lowest BCUT2D eigenvalue weighted by molar-refractivity contribution is 0.325. The van der Waals surface area contributed by atoms with Crippen LogP contribution in [0.5, 0.6) is 23.0 Å². The summed E-state index contributed by atoms with van der Waals surface area (Å²) >= 11 is 0. The monoisotopic (exact) mass is 395 g/mol. The minimum absolute atomic E-state index is 0.111. The number of aromatic nitrogens is 1. The van der Waals surface area contributed by atoms with Crippen molar-refractivity contribution < 1.29 is 28.1 Å². The first-order valence-electron chi connectivity index (χ1n) is 8.74. The summed E-state index contributed by atoms with van der Waals surface area (Å²) < 4.78 is 35.7. The van der Waals surface area contributed by atoms with Crippen LogP contribution in [0.15, 0.2) is 52.9 Å². The zero-order chi connectivity index (χ0) is 20.5. The molecule has 0 aliphatic carbocycles. The molecule has 3 aromatic carbocycles. The summed E-state index contributed by atoms with van der Waals surface area (Å²) in [5.74, 6) is 1.09. The van der Waals surface area contributed by atoms with Crippen LogP contribution in [-0.4, -0.2) is 31.4 Å². The van der Waals surface area contributed by atoms with Crippen molar-refractivity contribution in [1.82, 2.24) is 4.98 Å². The molecule has 148 valence electrons. The Balaban J connectivity index is 1.84. The topological polar surface area (TPSA) is 74.0 Å². The second-order valence-corrected chi connectivity index (χ2v) is 6.24. The lowest BCUT2D eigenvalue weighted by Crippen LogP contribution is -1.96. The molecule has 1 N–H and O–H groups in total. The molecule has 0 radical (unpaired) electrons. The molecule has 0 amide bonds. The Morgan fingerprint density at radius 3 is 2.38 bits per heavy atom. The summed E-state index contributed by atoms with van der Waals surface area (Å²) in [4.78, 5) is 4.35. The van der Waals surface area contributed by atoms with E-state index in [1.165, 1.54) is 18.2 Å². The number of ether oxygens (including phenoxy) is 3. The Kier molecular flexibility index (Phi) is 4.72. The number of halogens is 1. The van der Waals surface area contributed by atoms with Gasteiger partial charge in [0.25, 0.3) is 0 Å². The zero-order valence-corrected chi connectivity index (χ0v) is 16.0. The van der Waals surface area contributed by atoms with Crippen LogP contribution in [0.4, 0.5) is 4.39 Å². The number of benzene rings is 3. The average Bonchev–Trinajstić information content (AvgIpc) is 3.17. The van der Waals surface area contributed by atoms with Gasteiger partial charge in [0.1, 0.15) is 17.1 Å². The number of hydrogen-bond acceptors (Lipinski definition) is 6. The summed E-state index contributed by atoms with van der Waals surface area (Å²) in [6, 6.07) is 12.7. The highest BCUT2D eigenvalue weighted by atomic mass is 19.1. The number of oxazole rings is 1. The van der Waals surface area contributed by atoms with Gasteiger partial charge in [-0.1, -0.05) is 6.07 Å². The van der Waals surface area contributed by atoms with Gasteiger partial charge in [0.05, 0.1) is 26.9 Å². The van der Waals surface area contributed by atoms with Crippen molar-refractivity contribution in [3.8, 4) is 45.6 Å². The summed E-state index contributed by atoms with van der Waals surface area (Å²) in [7, 11) is 4.65. The molecule has 1 heterocycles. The number of nitrogens with zero attached hydrogens (tertiary/aromatic N) is 1. The van der Waals surface area contributed by atoms with E-state index >= 15 is 0 Å². The molecule has 0 aliphatic rings. The fourth-order valence-electron chi connectivity index (χ4n) is 3.22. The smallest absolute Gasteiger partial charge is 0.231 e. The predicted molar refractivity (Wildman–Crippen MR) is 106 cm³/mol. The van der Waals surface area contributed by atoms with E-state index < -0.39 is 5.82 Å². The van der Waals surface area contributed by atoms with Crippen LogP contribution in [0.25, 0.3) is 33.7 Å². The van der Waals surface area contributed by atoms with E-state index in [9.17, 15) is 9.50 Å². The lowest BCUT2D eigenvalue weighted by atomic mass is 10.0. The number of hydrogen-bond donors (Lipinski definition) is 1. The van der Waals surface area contributed by atoms with Gasteiger partial charge in [0.15, 0.2) is 17.1 Å². The number of phenols is 1.